The Hall–Kier alpha value is -1.32. The number of hydrogen-bond donors (Lipinski definition) is 3. The van der Waals surface area contributed by atoms with Crippen molar-refractivity contribution in [2.45, 2.75) is 45.7 Å². The molecular formula is C14H25IN6O. The van der Waals surface area contributed by atoms with Crippen molar-refractivity contribution >= 4 is 35.8 Å². The van der Waals surface area contributed by atoms with Gasteiger partial charge in [-0.3, -0.25) is 14.5 Å². The number of aryl methyl sites for hydroxylation is 1. The van der Waals surface area contributed by atoms with Crippen molar-refractivity contribution in [3.63, 3.8) is 0 Å². The van der Waals surface area contributed by atoms with Gasteiger partial charge < -0.3 is 16.8 Å². The van der Waals surface area contributed by atoms with Crippen LogP contribution in [0.15, 0.2) is 11.2 Å². The molecule has 0 bridgehead atoms. The molecule has 0 radical (unpaired) electrons. The van der Waals surface area contributed by atoms with Gasteiger partial charge in [0.2, 0.25) is 0 Å². The number of aromatic nitrogens is 2. The van der Waals surface area contributed by atoms with Crippen LogP contribution in [-0.4, -0.2) is 34.2 Å². The third kappa shape index (κ3) is 4.59. The number of guanidine groups is 1. The van der Waals surface area contributed by atoms with Gasteiger partial charge in [-0.15, -0.1) is 24.0 Å². The highest BCUT2D eigenvalue weighted by Crippen LogP contribution is 2.23. The minimum Gasteiger partial charge on any atom is -0.370 e. The molecule has 0 aromatic carbocycles. The number of aliphatic imine (C=N–C) groups is 1. The summed E-state index contributed by atoms with van der Waals surface area (Å²) in [6.07, 6.45) is 4.30. The summed E-state index contributed by atoms with van der Waals surface area (Å²) < 4.78 is 1.86. The van der Waals surface area contributed by atoms with Crippen molar-refractivity contribution < 1.29 is 4.79 Å². The molecule has 0 spiro atoms. The van der Waals surface area contributed by atoms with Crippen LogP contribution in [0.5, 0.6) is 0 Å². The number of carbonyl (C=O) groups is 1. The van der Waals surface area contributed by atoms with Gasteiger partial charge in [0, 0.05) is 19.1 Å². The summed E-state index contributed by atoms with van der Waals surface area (Å²) in [5, 5.41) is 7.35. The van der Waals surface area contributed by atoms with Gasteiger partial charge in [0.25, 0.3) is 5.91 Å². The molecule has 1 aliphatic rings. The SMILES string of the molecule is CCC(C)NC(N)=NCC1CCn2ncc(C(N)=O)c2C1.I. The Morgan fingerprint density at radius 3 is 2.95 bits per heavy atom. The van der Waals surface area contributed by atoms with Crippen LogP contribution >= 0.6 is 24.0 Å². The minimum atomic E-state index is -0.418. The first-order chi connectivity index (χ1) is 10.0. The lowest BCUT2D eigenvalue weighted by Crippen LogP contribution is -2.38. The van der Waals surface area contributed by atoms with Crippen LogP contribution in [0.2, 0.25) is 0 Å². The summed E-state index contributed by atoms with van der Waals surface area (Å²) in [4.78, 5) is 15.8. The quantitative estimate of drug-likeness (QED) is 0.373. The van der Waals surface area contributed by atoms with Crippen molar-refractivity contribution in [1.29, 1.82) is 0 Å². The molecule has 22 heavy (non-hydrogen) atoms. The average Bonchev–Trinajstić information content (AvgIpc) is 2.88. The van der Waals surface area contributed by atoms with E-state index in [0.717, 1.165) is 31.5 Å². The Balaban J connectivity index is 0.00000242. The first-order valence-corrected chi connectivity index (χ1v) is 7.42. The lowest BCUT2D eigenvalue weighted by molar-refractivity contribution is 0.0998. The van der Waals surface area contributed by atoms with Gasteiger partial charge in [0.1, 0.15) is 0 Å². The van der Waals surface area contributed by atoms with Crippen LogP contribution in [0.4, 0.5) is 0 Å². The third-order valence-corrected chi connectivity index (χ3v) is 3.97. The molecule has 2 atom stereocenters. The number of fused-ring (bicyclic) bond motifs is 1. The second-order valence-corrected chi connectivity index (χ2v) is 5.63. The van der Waals surface area contributed by atoms with Crippen LogP contribution in [0.25, 0.3) is 0 Å². The summed E-state index contributed by atoms with van der Waals surface area (Å²) >= 11 is 0. The molecule has 5 N–H and O–H groups in total. The van der Waals surface area contributed by atoms with E-state index in [1.165, 1.54) is 0 Å². The Labute approximate surface area is 147 Å². The van der Waals surface area contributed by atoms with E-state index >= 15 is 0 Å². The van der Waals surface area contributed by atoms with Crippen LogP contribution in [0, 0.1) is 5.92 Å². The monoisotopic (exact) mass is 420 g/mol. The predicted molar refractivity (Wildman–Crippen MR) is 97.3 cm³/mol. The van der Waals surface area contributed by atoms with E-state index in [0.29, 0.717) is 30.0 Å². The number of halogens is 1. The molecule has 7 nitrogen and oxygen atoms in total. The maximum absolute atomic E-state index is 11.4. The van der Waals surface area contributed by atoms with Gasteiger partial charge in [-0.2, -0.15) is 5.10 Å². The predicted octanol–water partition coefficient (Wildman–Crippen LogP) is 0.865. The Bertz CT molecular complexity index is 541. The number of rotatable bonds is 5. The van der Waals surface area contributed by atoms with Crippen LogP contribution in [0.1, 0.15) is 42.7 Å². The smallest absolute Gasteiger partial charge is 0.252 e. The Kier molecular flexibility index (Phi) is 7.11. The highest BCUT2D eigenvalue weighted by molar-refractivity contribution is 14.0. The van der Waals surface area contributed by atoms with E-state index in [1.54, 1.807) is 6.20 Å². The summed E-state index contributed by atoms with van der Waals surface area (Å²) in [7, 11) is 0. The van der Waals surface area contributed by atoms with Gasteiger partial charge in [0.15, 0.2) is 5.96 Å². The topological polar surface area (TPSA) is 111 Å². The molecule has 0 saturated heterocycles. The summed E-state index contributed by atoms with van der Waals surface area (Å²) in [6, 6.07) is 0.322. The van der Waals surface area contributed by atoms with E-state index in [9.17, 15) is 4.79 Å². The number of nitrogens with two attached hydrogens (primary N) is 2. The fourth-order valence-corrected chi connectivity index (χ4v) is 2.49. The molecule has 2 heterocycles. The molecule has 0 saturated carbocycles. The fourth-order valence-electron chi connectivity index (χ4n) is 2.49. The van der Waals surface area contributed by atoms with E-state index in [4.69, 9.17) is 11.5 Å². The molecule has 0 fully saturated rings. The van der Waals surface area contributed by atoms with E-state index in [-0.39, 0.29) is 24.0 Å². The highest BCUT2D eigenvalue weighted by atomic mass is 127. The molecule has 1 aromatic heterocycles. The first kappa shape index (κ1) is 18.7. The number of amides is 1. The number of primary amides is 1. The number of nitrogens with one attached hydrogen (secondary N) is 1. The van der Waals surface area contributed by atoms with Crippen molar-refractivity contribution in [2.24, 2.45) is 22.4 Å². The standard InChI is InChI=1S/C14H24N6O.HI/c1-3-9(2)19-14(16)17-7-10-4-5-20-12(6-10)11(8-18-20)13(15)21;/h8-10H,3-7H2,1-2H3,(H2,15,21)(H3,16,17,19);1H. The molecule has 8 heteroatoms. The van der Waals surface area contributed by atoms with Gasteiger partial charge >= 0.3 is 0 Å². The van der Waals surface area contributed by atoms with Gasteiger partial charge in [-0.05, 0) is 32.1 Å². The van der Waals surface area contributed by atoms with Crippen molar-refractivity contribution in [3.8, 4) is 0 Å². The second-order valence-electron chi connectivity index (χ2n) is 5.63. The molecule has 1 amide bonds. The molecule has 2 rings (SSSR count). The zero-order chi connectivity index (χ0) is 15.4. The van der Waals surface area contributed by atoms with Gasteiger partial charge in [-0.25, -0.2) is 0 Å². The van der Waals surface area contributed by atoms with Crippen LogP contribution < -0.4 is 16.8 Å². The van der Waals surface area contributed by atoms with Crippen molar-refractivity contribution in [3.05, 3.63) is 17.5 Å². The first-order valence-electron chi connectivity index (χ1n) is 7.42. The Morgan fingerprint density at radius 2 is 2.32 bits per heavy atom. The molecule has 0 aliphatic carbocycles. The zero-order valence-corrected chi connectivity index (χ0v) is 15.4. The maximum Gasteiger partial charge on any atom is 0.252 e. The third-order valence-electron chi connectivity index (χ3n) is 3.97. The van der Waals surface area contributed by atoms with E-state index in [2.05, 4.69) is 29.3 Å². The van der Waals surface area contributed by atoms with Crippen LogP contribution in [-0.2, 0) is 13.0 Å². The molecule has 1 aliphatic heterocycles. The summed E-state index contributed by atoms with van der Waals surface area (Å²) in [5.41, 5.74) is 12.7. The lowest BCUT2D eigenvalue weighted by atomic mass is 9.94. The molecular weight excluding hydrogens is 395 g/mol. The zero-order valence-electron chi connectivity index (χ0n) is 13.1. The average molecular weight is 420 g/mol. The van der Waals surface area contributed by atoms with Gasteiger partial charge in [-0.1, -0.05) is 6.92 Å². The maximum atomic E-state index is 11.4. The normalized spacial score (nSPS) is 19.0. The Morgan fingerprint density at radius 1 is 1.59 bits per heavy atom. The van der Waals surface area contributed by atoms with Crippen molar-refractivity contribution in [1.82, 2.24) is 15.1 Å². The number of hydrogen-bond acceptors (Lipinski definition) is 3. The lowest BCUT2D eigenvalue weighted by Gasteiger charge is -2.23. The minimum absolute atomic E-state index is 0. The molecule has 124 valence electrons. The molecule has 1 aromatic rings. The van der Waals surface area contributed by atoms with Crippen LogP contribution in [0.3, 0.4) is 0 Å². The van der Waals surface area contributed by atoms with E-state index < -0.39 is 5.91 Å². The number of nitrogens with zero attached hydrogens (tertiary/aromatic N) is 3. The number of carbonyl (C=O) groups excluding carboxylic acids is 1. The summed E-state index contributed by atoms with van der Waals surface area (Å²) in [6.45, 7) is 5.61. The van der Waals surface area contributed by atoms with Crippen molar-refractivity contribution in [2.75, 3.05) is 6.54 Å². The highest BCUT2D eigenvalue weighted by Gasteiger charge is 2.24. The second kappa shape index (κ2) is 8.35. The van der Waals surface area contributed by atoms with E-state index in [1.807, 2.05) is 4.68 Å². The largest absolute Gasteiger partial charge is 0.370 e. The molecule has 2 unspecified atom stereocenters. The fraction of sp³-hybridized carbons (Fsp3) is 0.643. The summed E-state index contributed by atoms with van der Waals surface area (Å²) in [5.74, 6) is 0.432. The van der Waals surface area contributed by atoms with Gasteiger partial charge in [0.05, 0.1) is 17.5 Å².